The molecule has 2 aromatic carbocycles. The van der Waals surface area contributed by atoms with Gasteiger partial charge in [-0.05, 0) is 30.2 Å². The summed E-state index contributed by atoms with van der Waals surface area (Å²) in [5, 5.41) is 0.774. The van der Waals surface area contributed by atoms with Crippen LogP contribution >= 0.6 is 27.5 Å². The molecule has 0 aromatic heterocycles. The molecule has 0 amide bonds. The van der Waals surface area contributed by atoms with Crippen molar-refractivity contribution in [1.29, 1.82) is 0 Å². The molecule has 1 atom stereocenters. The first-order chi connectivity index (χ1) is 9.15. The predicted octanol–water partition coefficient (Wildman–Crippen LogP) is 5.07. The molecule has 1 nitrogen and oxygen atoms in total. The van der Waals surface area contributed by atoms with Crippen LogP contribution in [0.5, 0.6) is 5.75 Å². The Hall–Kier alpha value is -0.990. The number of hydrogen-bond donors (Lipinski definition) is 0. The summed E-state index contributed by atoms with van der Waals surface area (Å²) in [6.45, 7) is 2.84. The number of fused-ring (bicyclic) bond motifs is 1. The number of hydrogen-bond acceptors (Lipinski definition) is 1. The van der Waals surface area contributed by atoms with Crippen LogP contribution in [-0.4, -0.2) is 6.61 Å². The van der Waals surface area contributed by atoms with Crippen LogP contribution in [0, 0.1) is 6.92 Å². The zero-order valence-electron chi connectivity index (χ0n) is 10.6. The number of ether oxygens (including phenoxy) is 1. The fraction of sp³-hybridized carbons (Fsp3) is 0.250. The van der Waals surface area contributed by atoms with Gasteiger partial charge in [0.25, 0.3) is 0 Å². The van der Waals surface area contributed by atoms with E-state index in [0.717, 1.165) is 29.4 Å². The maximum Gasteiger partial charge on any atom is 0.127 e. The number of aryl methyl sites for hydroxylation is 1. The fourth-order valence-electron chi connectivity index (χ4n) is 2.40. The van der Waals surface area contributed by atoms with E-state index in [0.29, 0.717) is 0 Å². The van der Waals surface area contributed by atoms with Gasteiger partial charge in [0.05, 0.1) is 11.4 Å². The number of halogens is 2. The molecule has 2 aromatic rings. The first-order valence-corrected chi connectivity index (χ1v) is 7.60. The van der Waals surface area contributed by atoms with Gasteiger partial charge in [-0.2, -0.15) is 0 Å². The van der Waals surface area contributed by atoms with Crippen molar-refractivity contribution in [2.45, 2.75) is 18.2 Å². The summed E-state index contributed by atoms with van der Waals surface area (Å²) in [4.78, 5) is 0.110. The Balaban J connectivity index is 2.04. The van der Waals surface area contributed by atoms with E-state index < -0.39 is 0 Å². The van der Waals surface area contributed by atoms with Crippen LogP contribution in [0.2, 0.25) is 5.02 Å². The monoisotopic (exact) mass is 336 g/mol. The van der Waals surface area contributed by atoms with Crippen molar-refractivity contribution in [3.63, 3.8) is 0 Å². The minimum atomic E-state index is 0.110. The van der Waals surface area contributed by atoms with Crippen molar-refractivity contribution in [2.24, 2.45) is 0 Å². The van der Waals surface area contributed by atoms with Crippen molar-refractivity contribution in [3.05, 3.63) is 63.7 Å². The van der Waals surface area contributed by atoms with Gasteiger partial charge >= 0.3 is 0 Å². The molecule has 98 valence electrons. The molecule has 19 heavy (non-hydrogen) atoms. The van der Waals surface area contributed by atoms with Crippen LogP contribution in [0.4, 0.5) is 0 Å². The third-order valence-corrected chi connectivity index (χ3v) is 4.66. The summed E-state index contributed by atoms with van der Waals surface area (Å²) in [6.07, 6.45) is 0.941. The third kappa shape index (κ3) is 2.52. The average molecular weight is 338 g/mol. The second-order valence-corrected chi connectivity index (χ2v) is 6.21. The van der Waals surface area contributed by atoms with Gasteiger partial charge in [-0.15, -0.1) is 0 Å². The second kappa shape index (κ2) is 5.18. The van der Waals surface area contributed by atoms with E-state index in [1.807, 2.05) is 12.1 Å². The summed E-state index contributed by atoms with van der Waals surface area (Å²) in [7, 11) is 0. The Morgan fingerprint density at radius 1 is 1.21 bits per heavy atom. The molecule has 3 heteroatoms. The molecule has 1 aliphatic rings. The SMILES string of the molecule is Cc1ccc(C(Br)c2cc(Cl)cc3c2OCC3)cc1. The summed E-state index contributed by atoms with van der Waals surface area (Å²) < 4.78 is 5.76. The molecule has 1 heterocycles. The Bertz CT molecular complexity index is 607. The highest BCUT2D eigenvalue weighted by atomic mass is 79.9. The molecule has 1 aliphatic heterocycles. The quantitative estimate of drug-likeness (QED) is 0.695. The van der Waals surface area contributed by atoms with Gasteiger partial charge in [0, 0.05) is 17.0 Å². The average Bonchev–Trinajstić information content (AvgIpc) is 2.85. The third-order valence-electron chi connectivity index (χ3n) is 3.42. The molecule has 0 N–H and O–H groups in total. The van der Waals surface area contributed by atoms with Gasteiger partial charge in [0.1, 0.15) is 5.75 Å². The smallest absolute Gasteiger partial charge is 0.127 e. The van der Waals surface area contributed by atoms with Gasteiger partial charge in [0.2, 0.25) is 0 Å². The van der Waals surface area contributed by atoms with Crippen molar-refractivity contribution < 1.29 is 4.74 Å². The molecular formula is C16H14BrClO. The lowest BCUT2D eigenvalue weighted by atomic mass is 10.0. The predicted molar refractivity (Wildman–Crippen MR) is 82.6 cm³/mol. The topological polar surface area (TPSA) is 9.23 Å². The van der Waals surface area contributed by atoms with Gasteiger partial charge in [-0.3, -0.25) is 0 Å². The molecule has 0 spiro atoms. The van der Waals surface area contributed by atoms with Crippen LogP contribution in [-0.2, 0) is 6.42 Å². The minimum Gasteiger partial charge on any atom is -0.493 e. The Labute approximate surface area is 126 Å². The fourth-order valence-corrected chi connectivity index (χ4v) is 3.30. The summed E-state index contributed by atoms with van der Waals surface area (Å²) in [5.41, 5.74) is 4.80. The Kier molecular flexibility index (Phi) is 3.55. The van der Waals surface area contributed by atoms with E-state index in [1.165, 1.54) is 16.7 Å². The van der Waals surface area contributed by atoms with E-state index >= 15 is 0 Å². The Morgan fingerprint density at radius 2 is 1.95 bits per heavy atom. The molecule has 3 rings (SSSR count). The zero-order chi connectivity index (χ0) is 13.4. The first-order valence-electron chi connectivity index (χ1n) is 6.31. The second-order valence-electron chi connectivity index (χ2n) is 4.85. The lowest BCUT2D eigenvalue weighted by Crippen LogP contribution is -1.97. The van der Waals surface area contributed by atoms with Crippen LogP contribution < -0.4 is 4.74 Å². The van der Waals surface area contributed by atoms with Crippen molar-refractivity contribution >= 4 is 27.5 Å². The minimum absolute atomic E-state index is 0.110. The van der Waals surface area contributed by atoms with Crippen molar-refractivity contribution in [1.82, 2.24) is 0 Å². The molecule has 0 fully saturated rings. The number of benzene rings is 2. The molecule has 0 saturated heterocycles. The van der Waals surface area contributed by atoms with Gasteiger partial charge in [-0.1, -0.05) is 57.4 Å². The number of rotatable bonds is 2. The lowest BCUT2D eigenvalue weighted by Gasteiger charge is -2.15. The zero-order valence-corrected chi connectivity index (χ0v) is 13.0. The normalized spacial score (nSPS) is 14.9. The molecule has 1 unspecified atom stereocenters. The summed E-state index contributed by atoms with van der Waals surface area (Å²) in [5.74, 6) is 0.992. The summed E-state index contributed by atoms with van der Waals surface area (Å²) >= 11 is 9.98. The van der Waals surface area contributed by atoms with E-state index in [4.69, 9.17) is 16.3 Å². The maximum absolute atomic E-state index is 6.21. The molecule has 0 saturated carbocycles. The largest absolute Gasteiger partial charge is 0.493 e. The number of alkyl halides is 1. The molecule has 0 radical (unpaired) electrons. The highest BCUT2D eigenvalue weighted by Crippen LogP contribution is 2.42. The molecular weight excluding hydrogens is 324 g/mol. The molecule has 0 bridgehead atoms. The van der Waals surface area contributed by atoms with E-state index in [2.05, 4.69) is 47.1 Å². The van der Waals surface area contributed by atoms with Crippen LogP contribution in [0.25, 0.3) is 0 Å². The highest BCUT2D eigenvalue weighted by Gasteiger charge is 2.22. The maximum atomic E-state index is 6.21. The Morgan fingerprint density at radius 3 is 2.68 bits per heavy atom. The highest BCUT2D eigenvalue weighted by molar-refractivity contribution is 9.09. The van der Waals surface area contributed by atoms with Crippen LogP contribution in [0.1, 0.15) is 27.1 Å². The first kappa shape index (κ1) is 13.0. The molecule has 0 aliphatic carbocycles. The van der Waals surface area contributed by atoms with Crippen LogP contribution in [0.15, 0.2) is 36.4 Å². The van der Waals surface area contributed by atoms with E-state index in [-0.39, 0.29) is 4.83 Å². The van der Waals surface area contributed by atoms with E-state index in [9.17, 15) is 0 Å². The van der Waals surface area contributed by atoms with Gasteiger partial charge < -0.3 is 4.74 Å². The summed E-state index contributed by atoms with van der Waals surface area (Å²) in [6, 6.07) is 12.5. The van der Waals surface area contributed by atoms with Crippen molar-refractivity contribution in [3.8, 4) is 5.75 Å². The lowest BCUT2D eigenvalue weighted by molar-refractivity contribution is 0.354. The van der Waals surface area contributed by atoms with Gasteiger partial charge in [-0.25, -0.2) is 0 Å². The van der Waals surface area contributed by atoms with E-state index in [1.54, 1.807) is 0 Å². The standard InChI is InChI=1S/C16H14BrClO/c1-10-2-4-11(5-3-10)15(17)14-9-13(18)8-12-6-7-19-16(12)14/h2-5,8-9,15H,6-7H2,1H3. The van der Waals surface area contributed by atoms with Crippen molar-refractivity contribution in [2.75, 3.05) is 6.61 Å². The van der Waals surface area contributed by atoms with Crippen LogP contribution in [0.3, 0.4) is 0 Å². The van der Waals surface area contributed by atoms with Gasteiger partial charge in [0.15, 0.2) is 0 Å².